The zero-order valence-electron chi connectivity index (χ0n) is 7.56. The molecule has 4 N–H and O–H groups in total. The average molecular weight is 194 g/mol. The molecule has 0 aliphatic heterocycles. The number of nitrogens with two attached hydrogens (primary N) is 1. The van der Waals surface area contributed by atoms with Gasteiger partial charge in [-0.15, -0.1) is 0 Å². The van der Waals surface area contributed by atoms with E-state index in [4.69, 9.17) is 16.2 Å². The number of carboxylic acids is 1. The summed E-state index contributed by atoms with van der Waals surface area (Å²) in [6, 6.07) is 1.60. The predicted molar refractivity (Wildman–Crippen MR) is 51.3 cm³/mol. The van der Waals surface area contributed by atoms with Gasteiger partial charge < -0.3 is 10.8 Å². The molecule has 0 fully saturated rings. The lowest BCUT2D eigenvalue weighted by molar-refractivity contribution is -0.131. The molecule has 14 heavy (non-hydrogen) atoms. The van der Waals surface area contributed by atoms with Gasteiger partial charge in [-0.1, -0.05) is 0 Å². The summed E-state index contributed by atoms with van der Waals surface area (Å²) in [6.45, 7) is 1.74. The van der Waals surface area contributed by atoms with Gasteiger partial charge in [0.05, 0.1) is 5.69 Å². The van der Waals surface area contributed by atoms with Crippen molar-refractivity contribution in [1.29, 1.82) is 5.41 Å². The van der Waals surface area contributed by atoms with Crippen molar-refractivity contribution >= 4 is 17.6 Å². The Hall–Kier alpha value is -2.11. The molecular formula is C8H10N4O2. The van der Waals surface area contributed by atoms with Crippen LogP contribution in [0.3, 0.4) is 0 Å². The second kappa shape index (κ2) is 3.73. The van der Waals surface area contributed by atoms with E-state index < -0.39 is 5.97 Å². The van der Waals surface area contributed by atoms with Crippen molar-refractivity contribution in [2.45, 2.75) is 6.92 Å². The highest BCUT2D eigenvalue weighted by molar-refractivity contribution is 5.97. The molecule has 6 nitrogen and oxygen atoms in total. The summed E-state index contributed by atoms with van der Waals surface area (Å²) in [4.78, 5) is 10.2. The minimum atomic E-state index is -1.11. The number of aromatic nitrogens is 2. The summed E-state index contributed by atoms with van der Waals surface area (Å²) in [5.41, 5.74) is 6.20. The van der Waals surface area contributed by atoms with E-state index >= 15 is 0 Å². The van der Waals surface area contributed by atoms with Crippen LogP contribution in [0.4, 0.5) is 5.82 Å². The molecule has 0 aromatic carbocycles. The Bertz CT molecular complexity index is 405. The Balaban J connectivity index is 2.90. The minimum absolute atomic E-state index is 0.0852. The van der Waals surface area contributed by atoms with Crippen LogP contribution >= 0.6 is 0 Å². The van der Waals surface area contributed by atoms with Crippen molar-refractivity contribution < 1.29 is 9.90 Å². The molecule has 0 atom stereocenters. The van der Waals surface area contributed by atoms with Crippen molar-refractivity contribution in [2.24, 2.45) is 0 Å². The SMILES string of the molecule is Cc1cc(N)n(C(=N)/C=C\C(=O)O)n1. The van der Waals surface area contributed by atoms with E-state index in [1.165, 1.54) is 0 Å². The highest BCUT2D eigenvalue weighted by atomic mass is 16.4. The highest BCUT2D eigenvalue weighted by Crippen LogP contribution is 2.04. The predicted octanol–water partition coefficient (Wildman–Crippen LogP) is 0.240. The third-order valence-electron chi connectivity index (χ3n) is 1.47. The minimum Gasteiger partial charge on any atom is -0.478 e. The molecule has 0 aliphatic carbocycles. The van der Waals surface area contributed by atoms with E-state index in [0.29, 0.717) is 11.5 Å². The zero-order chi connectivity index (χ0) is 10.7. The summed E-state index contributed by atoms with van der Waals surface area (Å²) >= 11 is 0. The summed E-state index contributed by atoms with van der Waals surface area (Å²) in [7, 11) is 0. The van der Waals surface area contributed by atoms with Gasteiger partial charge in [-0.25, -0.2) is 4.79 Å². The topological polar surface area (TPSA) is 105 Å². The summed E-state index contributed by atoms with van der Waals surface area (Å²) in [5, 5.41) is 19.7. The van der Waals surface area contributed by atoms with Crippen LogP contribution in [0.1, 0.15) is 5.69 Å². The van der Waals surface area contributed by atoms with Gasteiger partial charge in [-0.2, -0.15) is 9.78 Å². The Morgan fingerprint density at radius 3 is 2.79 bits per heavy atom. The molecule has 0 bridgehead atoms. The summed E-state index contributed by atoms with van der Waals surface area (Å²) < 4.78 is 1.16. The Kier molecular flexibility index (Phi) is 2.66. The first-order valence-corrected chi connectivity index (χ1v) is 3.83. The average Bonchev–Trinajstić information content (AvgIpc) is 2.41. The first kappa shape index (κ1) is 9.97. The lowest BCUT2D eigenvalue weighted by atomic mass is 10.4. The van der Waals surface area contributed by atoms with Gasteiger partial charge in [-0.05, 0) is 13.0 Å². The van der Waals surface area contributed by atoms with Gasteiger partial charge >= 0.3 is 5.97 Å². The summed E-state index contributed by atoms with van der Waals surface area (Å²) in [6.07, 6.45) is 1.98. The van der Waals surface area contributed by atoms with Crippen molar-refractivity contribution in [3.63, 3.8) is 0 Å². The van der Waals surface area contributed by atoms with Crippen molar-refractivity contribution in [2.75, 3.05) is 5.73 Å². The molecule has 0 spiro atoms. The molecule has 0 aliphatic rings. The quantitative estimate of drug-likeness (QED) is 0.356. The maximum atomic E-state index is 10.2. The molecule has 1 heterocycles. The molecule has 0 unspecified atom stereocenters. The number of hydrogen-bond donors (Lipinski definition) is 3. The van der Waals surface area contributed by atoms with Gasteiger partial charge in [0, 0.05) is 12.1 Å². The number of allylic oxidation sites excluding steroid dienone is 1. The van der Waals surface area contributed by atoms with Crippen LogP contribution in [0.5, 0.6) is 0 Å². The lowest BCUT2D eigenvalue weighted by Gasteiger charge is -1.99. The molecule has 1 aromatic heterocycles. The van der Waals surface area contributed by atoms with Gasteiger partial charge in [0.2, 0.25) is 0 Å². The Morgan fingerprint density at radius 1 is 1.71 bits per heavy atom. The monoisotopic (exact) mass is 194 g/mol. The van der Waals surface area contributed by atoms with Crippen LogP contribution in [-0.2, 0) is 4.79 Å². The van der Waals surface area contributed by atoms with E-state index in [9.17, 15) is 4.79 Å². The fraction of sp³-hybridized carbons (Fsp3) is 0.125. The maximum absolute atomic E-state index is 10.2. The fourth-order valence-corrected chi connectivity index (χ4v) is 0.933. The van der Waals surface area contributed by atoms with Crippen LogP contribution in [0.2, 0.25) is 0 Å². The molecule has 6 heteroatoms. The number of carbonyl (C=O) groups is 1. The highest BCUT2D eigenvalue weighted by Gasteiger charge is 2.04. The molecule has 0 amide bonds. The van der Waals surface area contributed by atoms with Crippen LogP contribution < -0.4 is 5.73 Å². The van der Waals surface area contributed by atoms with Gasteiger partial charge in [0.25, 0.3) is 0 Å². The van der Waals surface area contributed by atoms with E-state index in [2.05, 4.69) is 5.10 Å². The van der Waals surface area contributed by atoms with E-state index in [0.717, 1.165) is 16.8 Å². The largest absolute Gasteiger partial charge is 0.478 e. The Morgan fingerprint density at radius 2 is 2.36 bits per heavy atom. The van der Waals surface area contributed by atoms with Crippen LogP contribution in [0.25, 0.3) is 0 Å². The number of anilines is 1. The lowest BCUT2D eigenvalue weighted by Crippen LogP contribution is -2.12. The molecular weight excluding hydrogens is 184 g/mol. The number of aliphatic carboxylic acids is 1. The third-order valence-corrected chi connectivity index (χ3v) is 1.47. The van der Waals surface area contributed by atoms with E-state index in [1.54, 1.807) is 13.0 Å². The van der Waals surface area contributed by atoms with E-state index in [-0.39, 0.29) is 5.84 Å². The van der Waals surface area contributed by atoms with Gasteiger partial charge in [-0.3, -0.25) is 5.41 Å². The molecule has 1 rings (SSSR count). The number of nitrogens with one attached hydrogen (secondary N) is 1. The number of carboxylic acid groups (broad SMARTS) is 1. The second-order valence-corrected chi connectivity index (χ2v) is 2.68. The second-order valence-electron chi connectivity index (χ2n) is 2.68. The number of nitrogen functional groups attached to an aromatic ring is 1. The molecule has 74 valence electrons. The summed E-state index contributed by atoms with van der Waals surface area (Å²) in [5.74, 6) is -0.891. The molecule has 0 saturated heterocycles. The maximum Gasteiger partial charge on any atom is 0.328 e. The van der Waals surface area contributed by atoms with Crippen molar-refractivity contribution in [3.05, 3.63) is 23.9 Å². The van der Waals surface area contributed by atoms with Gasteiger partial charge in [0.1, 0.15) is 11.7 Å². The molecule has 1 aromatic rings. The normalized spacial score (nSPS) is 10.6. The number of rotatable bonds is 2. The number of aryl methyl sites for hydroxylation is 1. The Labute approximate surface area is 80.2 Å². The standard InChI is InChI=1S/C8H10N4O2/c1-5-4-7(10)12(11-5)6(9)2-3-8(13)14/h2-4,9H,10H2,1H3,(H,13,14)/b3-2-,9-6?. The first-order valence-electron chi connectivity index (χ1n) is 3.83. The molecule has 0 saturated carbocycles. The third kappa shape index (κ3) is 2.19. The van der Waals surface area contributed by atoms with Crippen LogP contribution in [0.15, 0.2) is 18.2 Å². The van der Waals surface area contributed by atoms with Crippen molar-refractivity contribution in [1.82, 2.24) is 9.78 Å². The number of nitrogens with zero attached hydrogens (tertiary/aromatic N) is 2. The molecule has 0 radical (unpaired) electrons. The van der Waals surface area contributed by atoms with Gasteiger partial charge in [0.15, 0.2) is 0 Å². The number of hydrogen-bond acceptors (Lipinski definition) is 4. The van der Waals surface area contributed by atoms with Crippen molar-refractivity contribution in [3.8, 4) is 0 Å². The van der Waals surface area contributed by atoms with Crippen LogP contribution in [0, 0.1) is 12.3 Å². The first-order chi connectivity index (χ1) is 6.50. The fourth-order valence-electron chi connectivity index (χ4n) is 0.933. The zero-order valence-corrected chi connectivity index (χ0v) is 7.56. The smallest absolute Gasteiger partial charge is 0.328 e. The van der Waals surface area contributed by atoms with Crippen LogP contribution in [-0.4, -0.2) is 26.7 Å². The van der Waals surface area contributed by atoms with E-state index in [1.807, 2.05) is 0 Å².